The number of H-pyrrole nitrogens is 1. The third-order valence-corrected chi connectivity index (χ3v) is 5.16. The minimum atomic E-state index is -0.650. The van der Waals surface area contributed by atoms with Crippen LogP contribution in [0.2, 0.25) is 0 Å². The summed E-state index contributed by atoms with van der Waals surface area (Å²) in [6, 6.07) is 12.3. The van der Waals surface area contributed by atoms with E-state index in [1.54, 1.807) is 11.0 Å². The SMILES string of the molecule is O=C(Nc1ccc(Br)cc1F)c1nc[nH]c1C(=O)N1CCc2ccccc2C1. The van der Waals surface area contributed by atoms with Gasteiger partial charge in [0.15, 0.2) is 5.69 Å². The molecule has 0 unspecified atom stereocenters. The van der Waals surface area contributed by atoms with E-state index in [0.717, 1.165) is 12.0 Å². The molecule has 0 radical (unpaired) electrons. The summed E-state index contributed by atoms with van der Waals surface area (Å²) in [5, 5.41) is 2.47. The van der Waals surface area contributed by atoms with E-state index in [9.17, 15) is 14.0 Å². The van der Waals surface area contributed by atoms with E-state index in [1.165, 1.54) is 24.0 Å². The Morgan fingerprint density at radius 2 is 1.96 bits per heavy atom. The predicted molar refractivity (Wildman–Crippen MR) is 106 cm³/mol. The van der Waals surface area contributed by atoms with Crippen LogP contribution in [-0.4, -0.2) is 33.2 Å². The zero-order valence-electron chi connectivity index (χ0n) is 14.7. The maximum absolute atomic E-state index is 14.0. The fourth-order valence-electron chi connectivity index (χ4n) is 3.23. The van der Waals surface area contributed by atoms with Crippen LogP contribution in [0.15, 0.2) is 53.3 Å². The average Bonchev–Trinajstić information content (AvgIpc) is 3.19. The number of hydrogen-bond acceptors (Lipinski definition) is 3. The summed E-state index contributed by atoms with van der Waals surface area (Å²) in [6.07, 6.45) is 2.04. The van der Waals surface area contributed by atoms with Gasteiger partial charge < -0.3 is 15.2 Å². The van der Waals surface area contributed by atoms with Gasteiger partial charge in [-0.3, -0.25) is 9.59 Å². The Balaban J connectivity index is 1.54. The van der Waals surface area contributed by atoms with Gasteiger partial charge in [0, 0.05) is 17.6 Å². The quantitative estimate of drug-likeness (QED) is 0.647. The van der Waals surface area contributed by atoms with Gasteiger partial charge in [-0.2, -0.15) is 0 Å². The first-order chi connectivity index (χ1) is 13.5. The standard InChI is InChI=1S/C20H16BrFN4O2/c21-14-5-6-16(15(22)9-14)25-19(27)17-18(24-11-23-17)20(28)26-8-7-12-3-1-2-4-13(12)10-26/h1-6,9,11H,7-8,10H2,(H,23,24)(H,25,27). The van der Waals surface area contributed by atoms with E-state index in [0.29, 0.717) is 17.6 Å². The Labute approximate surface area is 168 Å². The summed E-state index contributed by atoms with van der Waals surface area (Å²) in [5.74, 6) is -1.55. The molecule has 2 aromatic carbocycles. The molecule has 2 N–H and O–H groups in total. The minimum absolute atomic E-state index is 0.0153. The summed E-state index contributed by atoms with van der Waals surface area (Å²) < 4.78 is 14.6. The number of fused-ring (bicyclic) bond motifs is 1. The highest BCUT2D eigenvalue weighted by Gasteiger charge is 2.27. The van der Waals surface area contributed by atoms with Crippen molar-refractivity contribution in [3.05, 3.63) is 81.6 Å². The third-order valence-electron chi connectivity index (χ3n) is 4.67. The lowest BCUT2D eigenvalue weighted by Gasteiger charge is -2.28. The zero-order chi connectivity index (χ0) is 19.7. The van der Waals surface area contributed by atoms with Gasteiger partial charge in [-0.05, 0) is 35.7 Å². The van der Waals surface area contributed by atoms with Crippen LogP contribution < -0.4 is 5.32 Å². The fourth-order valence-corrected chi connectivity index (χ4v) is 3.56. The van der Waals surface area contributed by atoms with Crippen molar-refractivity contribution in [3.8, 4) is 0 Å². The smallest absolute Gasteiger partial charge is 0.276 e. The molecule has 142 valence electrons. The Morgan fingerprint density at radius 1 is 1.18 bits per heavy atom. The molecule has 0 spiro atoms. The van der Waals surface area contributed by atoms with E-state index >= 15 is 0 Å². The maximum Gasteiger partial charge on any atom is 0.276 e. The zero-order valence-corrected chi connectivity index (χ0v) is 16.3. The Kier molecular flexibility index (Phi) is 4.95. The van der Waals surface area contributed by atoms with Gasteiger partial charge in [0.25, 0.3) is 11.8 Å². The molecule has 0 bridgehead atoms. The molecular weight excluding hydrogens is 427 g/mol. The van der Waals surface area contributed by atoms with E-state index in [4.69, 9.17) is 0 Å². The normalized spacial score (nSPS) is 13.1. The number of aromatic amines is 1. The number of imidazole rings is 1. The second-order valence-electron chi connectivity index (χ2n) is 6.45. The summed E-state index contributed by atoms with van der Waals surface area (Å²) in [7, 11) is 0. The van der Waals surface area contributed by atoms with Crippen molar-refractivity contribution in [2.24, 2.45) is 0 Å². The molecule has 0 saturated heterocycles. The van der Waals surface area contributed by atoms with Crippen molar-refractivity contribution in [2.45, 2.75) is 13.0 Å². The van der Waals surface area contributed by atoms with Gasteiger partial charge in [0.05, 0.1) is 12.0 Å². The van der Waals surface area contributed by atoms with E-state index in [-0.39, 0.29) is 23.0 Å². The molecule has 0 saturated carbocycles. The van der Waals surface area contributed by atoms with Crippen molar-refractivity contribution in [1.82, 2.24) is 14.9 Å². The minimum Gasteiger partial charge on any atom is -0.340 e. The molecule has 1 aliphatic rings. The molecule has 6 nitrogen and oxygen atoms in total. The van der Waals surface area contributed by atoms with Crippen LogP contribution in [0.25, 0.3) is 0 Å². The van der Waals surface area contributed by atoms with Gasteiger partial charge in [-0.15, -0.1) is 0 Å². The lowest BCUT2D eigenvalue weighted by molar-refractivity contribution is 0.0725. The molecule has 0 aliphatic carbocycles. The molecule has 8 heteroatoms. The van der Waals surface area contributed by atoms with Crippen molar-refractivity contribution in [3.63, 3.8) is 0 Å². The number of hydrogen-bond donors (Lipinski definition) is 2. The van der Waals surface area contributed by atoms with Gasteiger partial charge >= 0.3 is 0 Å². The molecule has 28 heavy (non-hydrogen) atoms. The van der Waals surface area contributed by atoms with Crippen molar-refractivity contribution in [1.29, 1.82) is 0 Å². The van der Waals surface area contributed by atoms with Gasteiger partial charge in [-0.25, -0.2) is 9.37 Å². The number of halogens is 2. The van der Waals surface area contributed by atoms with Gasteiger partial charge in [0.1, 0.15) is 11.5 Å². The average molecular weight is 443 g/mol. The first-order valence-electron chi connectivity index (χ1n) is 8.69. The highest BCUT2D eigenvalue weighted by Crippen LogP contribution is 2.22. The predicted octanol–water partition coefficient (Wildman–Crippen LogP) is 3.76. The summed E-state index contributed by atoms with van der Waals surface area (Å²) >= 11 is 3.17. The number of nitrogens with zero attached hydrogens (tertiary/aromatic N) is 2. The highest BCUT2D eigenvalue weighted by molar-refractivity contribution is 9.10. The number of carbonyl (C=O) groups is 2. The van der Waals surface area contributed by atoms with E-state index in [1.807, 2.05) is 18.2 Å². The summed E-state index contributed by atoms with van der Waals surface area (Å²) in [6.45, 7) is 1.02. The van der Waals surface area contributed by atoms with Crippen LogP contribution in [0.4, 0.5) is 10.1 Å². The first-order valence-corrected chi connectivity index (χ1v) is 9.48. The van der Waals surface area contributed by atoms with Gasteiger partial charge in [0.2, 0.25) is 0 Å². The lowest BCUT2D eigenvalue weighted by Crippen LogP contribution is -2.37. The van der Waals surface area contributed by atoms with Crippen LogP contribution in [-0.2, 0) is 13.0 Å². The topological polar surface area (TPSA) is 78.1 Å². The molecule has 2 heterocycles. The number of nitrogens with one attached hydrogen (secondary N) is 2. The highest BCUT2D eigenvalue weighted by atomic mass is 79.9. The number of rotatable bonds is 3. The molecule has 4 rings (SSSR count). The molecular formula is C20H16BrFN4O2. The molecule has 1 aliphatic heterocycles. The molecule has 1 aromatic heterocycles. The third kappa shape index (κ3) is 3.55. The Morgan fingerprint density at radius 3 is 2.75 bits per heavy atom. The number of carbonyl (C=O) groups excluding carboxylic acids is 2. The second-order valence-corrected chi connectivity index (χ2v) is 7.37. The number of amides is 2. The molecule has 3 aromatic rings. The number of anilines is 1. The second kappa shape index (κ2) is 7.55. The maximum atomic E-state index is 14.0. The number of benzene rings is 2. The largest absolute Gasteiger partial charge is 0.340 e. The molecule has 0 atom stereocenters. The van der Waals surface area contributed by atoms with Crippen LogP contribution in [0.3, 0.4) is 0 Å². The van der Waals surface area contributed by atoms with E-state index in [2.05, 4.69) is 37.3 Å². The Bertz CT molecular complexity index is 1070. The monoisotopic (exact) mass is 442 g/mol. The fraction of sp³-hybridized carbons (Fsp3) is 0.150. The Hall–Kier alpha value is -3.00. The van der Waals surface area contributed by atoms with E-state index < -0.39 is 11.7 Å². The summed E-state index contributed by atoms with van der Waals surface area (Å²) in [4.78, 5) is 33.9. The van der Waals surface area contributed by atoms with Crippen molar-refractivity contribution in [2.75, 3.05) is 11.9 Å². The van der Waals surface area contributed by atoms with Crippen LogP contribution in [0.5, 0.6) is 0 Å². The number of aromatic nitrogens is 2. The molecule has 0 fully saturated rings. The first kappa shape index (κ1) is 18.4. The van der Waals surface area contributed by atoms with Crippen LogP contribution in [0, 0.1) is 5.82 Å². The van der Waals surface area contributed by atoms with Gasteiger partial charge in [-0.1, -0.05) is 40.2 Å². The lowest BCUT2D eigenvalue weighted by atomic mass is 9.99. The van der Waals surface area contributed by atoms with Crippen molar-refractivity contribution < 1.29 is 14.0 Å². The summed E-state index contributed by atoms with van der Waals surface area (Å²) in [5.41, 5.74) is 2.35. The molecule has 2 amide bonds. The van der Waals surface area contributed by atoms with Crippen LogP contribution in [0.1, 0.15) is 32.1 Å². The van der Waals surface area contributed by atoms with Crippen LogP contribution >= 0.6 is 15.9 Å². The van der Waals surface area contributed by atoms with Crippen molar-refractivity contribution >= 4 is 33.4 Å².